The van der Waals surface area contributed by atoms with Gasteiger partial charge >= 0.3 is 0 Å². The van der Waals surface area contributed by atoms with Crippen LogP contribution in [0.3, 0.4) is 0 Å². The van der Waals surface area contributed by atoms with Crippen molar-refractivity contribution in [3.63, 3.8) is 0 Å². The van der Waals surface area contributed by atoms with Crippen LogP contribution >= 0.6 is 0 Å². The molecule has 2 unspecified atom stereocenters. The number of fused-ring (bicyclic) bond motifs is 1. The zero-order chi connectivity index (χ0) is 11.8. The van der Waals surface area contributed by atoms with Gasteiger partial charge in [0.15, 0.2) is 0 Å². The summed E-state index contributed by atoms with van der Waals surface area (Å²) in [6, 6.07) is 8.06. The fourth-order valence-corrected chi connectivity index (χ4v) is 2.48. The van der Waals surface area contributed by atoms with Crippen LogP contribution in [0.2, 0.25) is 0 Å². The van der Waals surface area contributed by atoms with Crippen molar-refractivity contribution in [2.75, 3.05) is 19.7 Å². The maximum Gasteiger partial charge on any atom is 0.253 e. The van der Waals surface area contributed by atoms with Gasteiger partial charge in [0.05, 0.1) is 12.6 Å². The van der Waals surface area contributed by atoms with Gasteiger partial charge in [0.25, 0.3) is 5.91 Å². The largest absolute Gasteiger partial charge is 0.337 e. The SMILES string of the molecule is Cc1ccc(C(=O)N2CC3CONC3C2)cc1. The molecule has 90 valence electrons. The first kappa shape index (κ1) is 10.7. The van der Waals surface area contributed by atoms with Crippen molar-refractivity contribution in [2.24, 2.45) is 5.92 Å². The third-order valence-corrected chi connectivity index (χ3v) is 3.56. The number of benzene rings is 1. The lowest BCUT2D eigenvalue weighted by Gasteiger charge is -2.17. The fourth-order valence-electron chi connectivity index (χ4n) is 2.48. The van der Waals surface area contributed by atoms with E-state index >= 15 is 0 Å². The standard InChI is InChI=1S/C13H16N2O2/c1-9-2-4-10(5-3-9)13(16)15-6-11-8-17-14-12(11)7-15/h2-5,11-12,14H,6-8H2,1H3. The molecular formula is C13H16N2O2. The van der Waals surface area contributed by atoms with Crippen molar-refractivity contribution >= 4 is 5.91 Å². The van der Waals surface area contributed by atoms with E-state index in [9.17, 15) is 4.79 Å². The molecule has 0 aromatic heterocycles. The maximum absolute atomic E-state index is 12.2. The molecule has 2 heterocycles. The molecule has 1 aromatic carbocycles. The molecule has 0 radical (unpaired) electrons. The molecule has 2 atom stereocenters. The van der Waals surface area contributed by atoms with E-state index in [1.165, 1.54) is 5.56 Å². The minimum atomic E-state index is 0.126. The highest BCUT2D eigenvalue weighted by molar-refractivity contribution is 5.94. The first-order chi connectivity index (χ1) is 8.24. The highest BCUT2D eigenvalue weighted by Crippen LogP contribution is 2.23. The Kier molecular flexibility index (Phi) is 2.61. The number of carbonyl (C=O) groups excluding carboxylic acids is 1. The summed E-state index contributed by atoms with van der Waals surface area (Å²) in [5.74, 6) is 0.575. The van der Waals surface area contributed by atoms with Gasteiger partial charge in [-0.3, -0.25) is 4.79 Å². The molecule has 0 spiro atoms. The zero-order valence-corrected chi connectivity index (χ0v) is 9.85. The van der Waals surface area contributed by atoms with Gasteiger partial charge in [-0.15, -0.1) is 0 Å². The van der Waals surface area contributed by atoms with Crippen molar-refractivity contribution in [2.45, 2.75) is 13.0 Å². The topological polar surface area (TPSA) is 41.6 Å². The second-order valence-corrected chi connectivity index (χ2v) is 4.87. The summed E-state index contributed by atoms with van der Waals surface area (Å²) in [6.07, 6.45) is 0. The molecule has 4 nitrogen and oxygen atoms in total. The monoisotopic (exact) mass is 232 g/mol. The summed E-state index contributed by atoms with van der Waals surface area (Å²) in [6.45, 7) is 4.28. The minimum absolute atomic E-state index is 0.126. The van der Waals surface area contributed by atoms with Gasteiger partial charge in [0, 0.05) is 24.6 Å². The average molecular weight is 232 g/mol. The summed E-state index contributed by atoms with van der Waals surface area (Å²) < 4.78 is 0. The molecule has 0 saturated carbocycles. The van der Waals surface area contributed by atoms with Gasteiger partial charge < -0.3 is 9.74 Å². The van der Waals surface area contributed by atoms with Crippen LogP contribution in [0, 0.1) is 12.8 Å². The van der Waals surface area contributed by atoms with Crippen molar-refractivity contribution in [1.29, 1.82) is 0 Å². The predicted molar refractivity (Wildman–Crippen MR) is 63.4 cm³/mol. The van der Waals surface area contributed by atoms with Crippen LogP contribution in [0.1, 0.15) is 15.9 Å². The number of likely N-dealkylation sites (tertiary alicyclic amines) is 1. The molecule has 1 N–H and O–H groups in total. The van der Waals surface area contributed by atoms with E-state index in [1.807, 2.05) is 36.1 Å². The van der Waals surface area contributed by atoms with E-state index in [0.717, 1.165) is 18.7 Å². The van der Waals surface area contributed by atoms with Crippen LogP contribution in [0.5, 0.6) is 0 Å². The maximum atomic E-state index is 12.2. The molecule has 2 aliphatic heterocycles. The summed E-state index contributed by atoms with van der Waals surface area (Å²) in [5, 5.41) is 0. The normalized spacial score (nSPS) is 27.2. The van der Waals surface area contributed by atoms with Crippen molar-refractivity contribution in [3.05, 3.63) is 35.4 Å². The van der Waals surface area contributed by atoms with Gasteiger partial charge in [0.1, 0.15) is 0 Å². The third kappa shape index (κ3) is 1.94. The molecule has 2 aliphatic rings. The number of aryl methyl sites for hydroxylation is 1. The van der Waals surface area contributed by atoms with Crippen molar-refractivity contribution in [1.82, 2.24) is 10.4 Å². The number of rotatable bonds is 1. The second-order valence-electron chi connectivity index (χ2n) is 4.87. The van der Waals surface area contributed by atoms with E-state index in [2.05, 4.69) is 5.48 Å². The summed E-state index contributed by atoms with van der Waals surface area (Å²) >= 11 is 0. The molecular weight excluding hydrogens is 216 g/mol. The molecule has 3 rings (SSSR count). The summed E-state index contributed by atoms with van der Waals surface area (Å²) in [5.41, 5.74) is 4.92. The second kappa shape index (κ2) is 4.13. The highest BCUT2D eigenvalue weighted by Gasteiger charge is 2.39. The Balaban J connectivity index is 1.73. The number of carbonyl (C=O) groups is 1. The van der Waals surface area contributed by atoms with Gasteiger partial charge in [-0.25, -0.2) is 0 Å². The molecule has 0 bridgehead atoms. The Morgan fingerprint density at radius 2 is 2.12 bits per heavy atom. The first-order valence-electron chi connectivity index (χ1n) is 5.97. The van der Waals surface area contributed by atoms with E-state index in [4.69, 9.17) is 4.84 Å². The molecule has 0 aliphatic carbocycles. The number of amides is 1. The van der Waals surface area contributed by atoms with Gasteiger partial charge in [-0.05, 0) is 19.1 Å². The van der Waals surface area contributed by atoms with Crippen molar-refractivity contribution < 1.29 is 9.63 Å². The van der Waals surface area contributed by atoms with Crippen LogP contribution in [-0.2, 0) is 4.84 Å². The quantitative estimate of drug-likeness (QED) is 0.784. The summed E-state index contributed by atoms with van der Waals surface area (Å²) in [7, 11) is 0. The van der Waals surface area contributed by atoms with Gasteiger partial charge in [-0.2, -0.15) is 5.48 Å². The van der Waals surface area contributed by atoms with Crippen LogP contribution in [0.4, 0.5) is 0 Å². The average Bonchev–Trinajstić information content (AvgIpc) is 2.89. The van der Waals surface area contributed by atoms with E-state index in [-0.39, 0.29) is 5.91 Å². The van der Waals surface area contributed by atoms with Crippen molar-refractivity contribution in [3.8, 4) is 0 Å². The predicted octanol–water partition coefficient (Wildman–Crippen LogP) is 0.970. The molecule has 1 aromatic rings. The number of hydrogen-bond donors (Lipinski definition) is 1. The van der Waals surface area contributed by atoms with Crippen LogP contribution in [-0.4, -0.2) is 36.5 Å². The Morgan fingerprint density at radius 1 is 1.35 bits per heavy atom. The third-order valence-electron chi connectivity index (χ3n) is 3.56. The molecule has 1 amide bonds. The van der Waals surface area contributed by atoms with Gasteiger partial charge in [0.2, 0.25) is 0 Å². The molecule has 2 saturated heterocycles. The summed E-state index contributed by atoms with van der Waals surface area (Å²) in [4.78, 5) is 19.3. The first-order valence-corrected chi connectivity index (χ1v) is 5.97. The van der Waals surface area contributed by atoms with E-state index in [1.54, 1.807) is 0 Å². The lowest BCUT2D eigenvalue weighted by molar-refractivity contribution is 0.0605. The minimum Gasteiger partial charge on any atom is -0.337 e. The van der Waals surface area contributed by atoms with Crippen LogP contribution in [0.15, 0.2) is 24.3 Å². The Hall–Kier alpha value is -1.39. The zero-order valence-electron chi connectivity index (χ0n) is 9.85. The number of nitrogens with zero attached hydrogens (tertiary/aromatic N) is 1. The van der Waals surface area contributed by atoms with E-state index in [0.29, 0.717) is 18.6 Å². The smallest absolute Gasteiger partial charge is 0.253 e. The number of hydrogen-bond acceptors (Lipinski definition) is 3. The molecule has 2 fully saturated rings. The fraction of sp³-hybridized carbons (Fsp3) is 0.462. The Morgan fingerprint density at radius 3 is 2.82 bits per heavy atom. The Labute approximate surface area is 101 Å². The lowest BCUT2D eigenvalue weighted by Crippen LogP contribution is -2.33. The number of nitrogens with one attached hydrogen (secondary N) is 1. The van der Waals surface area contributed by atoms with Gasteiger partial charge in [-0.1, -0.05) is 17.7 Å². The Bertz CT molecular complexity index is 418. The molecule has 17 heavy (non-hydrogen) atoms. The lowest BCUT2D eigenvalue weighted by atomic mass is 10.1. The molecule has 4 heteroatoms. The van der Waals surface area contributed by atoms with Crippen LogP contribution < -0.4 is 5.48 Å². The van der Waals surface area contributed by atoms with E-state index < -0.39 is 0 Å². The highest BCUT2D eigenvalue weighted by atomic mass is 16.7. The number of hydroxylamine groups is 1. The van der Waals surface area contributed by atoms with Crippen LogP contribution in [0.25, 0.3) is 0 Å².